The molecule has 1 N–H and O–H groups in total. The van der Waals surface area contributed by atoms with Crippen LogP contribution in [-0.4, -0.2) is 49.6 Å². The minimum atomic E-state index is -0.819. The monoisotopic (exact) mass is 446 g/mol. The topological polar surface area (TPSA) is 80.5 Å². The van der Waals surface area contributed by atoms with Crippen molar-refractivity contribution in [3.8, 4) is 11.4 Å². The molecule has 172 valence electrons. The highest BCUT2D eigenvalue weighted by atomic mass is 16.5. The normalized spacial score (nSPS) is 24.9. The SMILES string of the molecule is C[C@@H]1CC[C@@H](Oc2cccc3c2CCC[C@@]3(C)O)CN1C(=O)c1ccccc1-n1nccn1. The van der Waals surface area contributed by atoms with Gasteiger partial charge in [0, 0.05) is 11.6 Å². The zero-order chi connectivity index (χ0) is 23.0. The van der Waals surface area contributed by atoms with Crippen LogP contribution in [0.5, 0.6) is 5.75 Å². The van der Waals surface area contributed by atoms with E-state index in [1.54, 1.807) is 12.4 Å². The molecule has 3 aromatic rings. The second kappa shape index (κ2) is 8.63. The summed E-state index contributed by atoms with van der Waals surface area (Å²) < 4.78 is 6.48. The number of amides is 1. The first kappa shape index (κ1) is 21.6. The molecule has 1 aliphatic heterocycles. The van der Waals surface area contributed by atoms with Gasteiger partial charge in [-0.05, 0) is 69.7 Å². The summed E-state index contributed by atoms with van der Waals surface area (Å²) in [6.07, 6.45) is 7.45. The molecular weight excluding hydrogens is 416 g/mol. The van der Waals surface area contributed by atoms with Gasteiger partial charge in [-0.1, -0.05) is 24.3 Å². The van der Waals surface area contributed by atoms with E-state index in [4.69, 9.17) is 4.74 Å². The zero-order valence-electron chi connectivity index (χ0n) is 19.1. The van der Waals surface area contributed by atoms with Crippen molar-refractivity contribution in [3.05, 3.63) is 71.5 Å². The molecule has 2 heterocycles. The second-order valence-corrected chi connectivity index (χ2v) is 9.37. The molecule has 0 radical (unpaired) electrons. The first-order chi connectivity index (χ1) is 15.9. The fourth-order valence-electron chi connectivity index (χ4n) is 5.14. The van der Waals surface area contributed by atoms with E-state index in [1.165, 1.54) is 4.80 Å². The van der Waals surface area contributed by atoms with Gasteiger partial charge < -0.3 is 14.7 Å². The highest BCUT2D eigenvalue weighted by molar-refractivity contribution is 5.98. The van der Waals surface area contributed by atoms with Gasteiger partial charge in [-0.3, -0.25) is 4.79 Å². The first-order valence-corrected chi connectivity index (χ1v) is 11.7. The van der Waals surface area contributed by atoms with Crippen molar-refractivity contribution in [3.63, 3.8) is 0 Å². The zero-order valence-corrected chi connectivity index (χ0v) is 19.1. The Hall–Kier alpha value is -3.19. The van der Waals surface area contributed by atoms with Gasteiger partial charge in [0.15, 0.2) is 0 Å². The Bertz CT molecular complexity index is 1140. The quantitative estimate of drug-likeness (QED) is 0.658. The average molecular weight is 447 g/mol. The van der Waals surface area contributed by atoms with Gasteiger partial charge in [0.2, 0.25) is 0 Å². The Morgan fingerprint density at radius 1 is 1.12 bits per heavy atom. The predicted molar refractivity (Wildman–Crippen MR) is 124 cm³/mol. The third-order valence-electron chi connectivity index (χ3n) is 6.97. The lowest BCUT2D eigenvalue weighted by molar-refractivity contribution is 0.0329. The maximum absolute atomic E-state index is 13.6. The number of likely N-dealkylation sites (tertiary alicyclic amines) is 1. The molecule has 33 heavy (non-hydrogen) atoms. The molecule has 1 fully saturated rings. The fraction of sp³-hybridized carbons (Fsp3) is 0.423. The van der Waals surface area contributed by atoms with Crippen LogP contribution >= 0.6 is 0 Å². The summed E-state index contributed by atoms with van der Waals surface area (Å²) in [5.74, 6) is 0.794. The van der Waals surface area contributed by atoms with Crippen LogP contribution in [0, 0.1) is 0 Å². The predicted octanol–water partition coefficient (Wildman–Crippen LogP) is 3.88. The van der Waals surface area contributed by atoms with Crippen LogP contribution in [0.2, 0.25) is 0 Å². The van der Waals surface area contributed by atoms with Gasteiger partial charge in [0.25, 0.3) is 5.91 Å². The van der Waals surface area contributed by atoms with Gasteiger partial charge in [-0.15, -0.1) is 0 Å². The molecule has 7 nitrogen and oxygen atoms in total. The summed E-state index contributed by atoms with van der Waals surface area (Å²) in [7, 11) is 0. The third kappa shape index (κ3) is 4.13. The van der Waals surface area contributed by atoms with Gasteiger partial charge in [0.1, 0.15) is 11.9 Å². The summed E-state index contributed by atoms with van der Waals surface area (Å²) in [5, 5.41) is 19.2. The largest absolute Gasteiger partial charge is 0.488 e. The van der Waals surface area contributed by atoms with Crippen molar-refractivity contribution in [2.24, 2.45) is 0 Å². The molecule has 1 aromatic heterocycles. The molecule has 1 aliphatic carbocycles. The summed E-state index contributed by atoms with van der Waals surface area (Å²) >= 11 is 0. The van der Waals surface area contributed by atoms with E-state index in [0.29, 0.717) is 17.8 Å². The summed E-state index contributed by atoms with van der Waals surface area (Å²) in [4.78, 5) is 17.0. The van der Waals surface area contributed by atoms with E-state index in [-0.39, 0.29) is 18.1 Å². The van der Waals surface area contributed by atoms with Crippen LogP contribution in [0.3, 0.4) is 0 Å². The number of aromatic nitrogens is 3. The average Bonchev–Trinajstić information content (AvgIpc) is 3.35. The van der Waals surface area contributed by atoms with Gasteiger partial charge in [-0.2, -0.15) is 15.0 Å². The van der Waals surface area contributed by atoms with Gasteiger partial charge in [-0.25, -0.2) is 0 Å². The van der Waals surface area contributed by atoms with Gasteiger partial charge in [0.05, 0.1) is 35.8 Å². The van der Waals surface area contributed by atoms with E-state index in [9.17, 15) is 9.90 Å². The van der Waals surface area contributed by atoms with E-state index >= 15 is 0 Å². The maximum Gasteiger partial charge on any atom is 0.256 e. The van der Waals surface area contributed by atoms with Crippen molar-refractivity contribution in [1.82, 2.24) is 19.9 Å². The number of piperidine rings is 1. The van der Waals surface area contributed by atoms with E-state index in [2.05, 4.69) is 17.1 Å². The number of carbonyl (C=O) groups excluding carboxylic acids is 1. The number of rotatable bonds is 4. The minimum Gasteiger partial charge on any atom is -0.488 e. The molecule has 0 unspecified atom stereocenters. The summed E-state index contributed by atoms with van der Waals surface area (Å²) in [5.41, 5.74) is 2.49. The number of hydrogen-bond donors (Lipinski definition) is 1. The Labute approximate surface area is 194 Å². The van der Waals surface area contributed by atoms with Crippen molar-refractivity contribution < 1.29 is 14.6 Å². The number of fused-ring (bicyclic) bond motifs is 1. The summed E-state index contributed by atoms with van der Waals surface area (Å²) in [6, 6.07) is 13.5. The van der Waals surface area contributed by atoms with E-state index in [1.807, 2.05) is 54.3 Å². The van der Waals surface area contributed by atoms with Gasteiger partial charge >= 0.3 is 0 Å². The highest BCUT2D eigenvalue weighted by Crippen LogP contribution is 2.39. The number of carbonyl (C=O) groups is 1. The third-order valence-corrected chi connectivity index (χ3v) is 6.97. The maximum atomic E-state index is 13.6. The molecule has 2 aliphatic rings. The van der Waals surface area contributed by atoms with E-state index < -0.39 is 5.60 Å². The molecular formula is C26H30N4O3. The Morgan fingerprint density at radius 3 is 2.73 bits per heavy atom. The Kier molecular flexibility index (Phi) is 5.66. The molecule has 0 spiro atoms. The van der Waals surface area contributed by atoms with Crippen LogP contribution in [0.15, 0.2) is 54.9 Å². The molecule has 2 aromatic carbocycles. The second-order valence-electron chi connectivity index (χ2n) is 9.37. The first-order valence-electron chi connectivity index (χ1n) is 11.7. The van der Waals surface area contributed by atoms with Crippen LogP contribution in [0.25, 0.3) is 5.69 Å². The summed E-state index contributed by atoms with van der Waals surface area (Å²) in [6.45, 7) is 4.48. The fourth-order valence-corrected chi connectivity index (χ4v) is 5.14. The van der Waals surface area contributed by atoms with Crippen LogP contribution in [0.1, 0.15) is 61.0 Å². The number of aliphatic hydroxyl groups is 1. The molecule has 1 amide bonds. The van der Waals surface area contributed by atoms with Crippen molar-refractivity contribution in [1.29, 1.82) is 0 Å². The number of para-hydroxylation sites is 1. The van der Waals surface area contributed by atoms with Crippen molar-refractivity contribution in [2.75, 3.05) is 6.54 Å². The Balaban J connectivity index is 1.38. The number of nitrogens with zero attached hydrogens (tertiary/aromatic N) is 4. The molecule has 0 bridgehead atoms. The van der Waals surface area contributed by atoms with Crippen LogP contribution < -0.4 is 4.74 Å². The lowest BCUT2D eigenvalue weighted by Gasteiger charge is -2.39. The lowest BCUT2D eigenvalue weighted by Crippen LogP contribution is -2.49. The lowest BCUT2D eigenvalue weighted by atomic mass is 9.80. The molecule has 1 saturated heterocycles. The molecule has 5 rings (SSSR count). The minimum absolute atomic E-state index is 0.0401. The molecule has 3 atom stereocenters. The van der Waals surface area contributed by atoms with E-state index in [0.717, 1.165) is 49.0 Å². The number of benzene rings is 2. The Morgan fingerprint density at radius 2 is 1.91 bits per heavy atom. The van der Waals surface area contributed by atoms with Crippen molar-refractivity contribution in [2.45, 2.75) is 63.7 Å². The van der Waals surface area contributed by atoms with Crippen molar-refractivity contribution >= 4 is 5.91 Å². The number of hydrogen-bond acceptors (Lipinski definition) is 5. The number of ether oxygens (including phenoxy) is 1. The van der Waals surface area contributed by atoms with Crippen LogP contribution in [0.4, 0.5) is 0 Å². The highest BCUT2D eigenvalue weighted by Gasteiger charge is 2.34. The smallest absolute Gasteiger partial charge is 0.256 e. The molecule has 0 saturated carbocycles. The molecule has 7 heteroatoms. The standard InChI is InChI=1S/C26H30N4O3/c1-18-12-13-19(33-24-11-5-9-22-20(24)8-6-14-26(22,2)32)17-29(18)25(31)21-7-3-4-10-23(21)30-27-15-16-28-30/h3-5,7,9-11,15-16,18-19,32H,6,8,12-14,17H2,1-2H3/t18-,19-,26-/m1/s1. The van der Waals surface area contributed by atoms with Crippen LogP contribution in [-0.2, 0) is 12.0 Å².